The third kappa shape index (κ3) is 3.23. The quantitative estimate of drug-likeness (QED) is 0.846. The normalized spacial score (nSPS) is 17.4. The first-order valence-electron chi connectivity index (χ1n) is 6.57. The monoisotopic (exact) mass is 255 g/mol. The number of aromatic nitrogens is 2. The summed E-state index contributed by atoms with van der Waals surface area (Å²) in [4.78, 5) is 0. The van der Waals surface area contributed by atoms with Crippen molar-refractivity contribution >= 4 is 11.6 Å². The van der Waals surface area contributed by atoms with Crippen molar-refractivity contribution in [2.45, 2.75) is 59.2 Å². The molecule has 1 aromatic heterocycles. The van der Waals surface area contributed by atoms with Crippen LogP contribution in [-0.2, 0) is 13.1 Å². The highest BCUT2D eigenvalue weighted by Gasteiger charge is 2.23. The van der Waals surface area contributed by atoms with E-state index < -0.39 is 0 Å². The lowest BCUT2D eigenvalue weighted by Crippen LogP contribution is -2.27. The van der Waals surface area contributed by atoms with Gasteiger partial charge >= 0.3 is 0 Å². The Morgan fingerprint density at radius 1 is 1.53 bits per heavy atom. The van der Waals surface area contributed by atoms with Gasteiger partial charge in [0.2, 0.25) is 0 Å². The van der Waals surface area contributed by atoms with E-state index in [0.29, 0.717) is 6.04 Å². The number of rotatable bonds is 6. The van der Waals surface area contributed by atoms with Crippen LogP contribution >= 0.6 is 11.6 Å². The maximum Gasteiger partial charge on any atom is 0.0860 e. The summed E-state index contributed by atoms with van der Waals surface area (Å²) in [6.45, 7) is 8.01. The number of aryl methyl sites for hydroxylation is 2. The molecule has 1 unspecified atom stereocenters. The summed E-state index contributed by atoms with van der Waals surface area (Å²) in [5.74, 6) is 0.964. The summed E-state index contributed by atoms with van der Waals surface area (Å²) in [7, 11) is 0. The minimum atomic E-state index is 0.569. The molecule has 0 amide bonds. The Hall–Kier alpha value is -0.540. The Morgan fingerprint density at radius 3 is 2.82 bits per heavy atom. The Morgan fingerprint density at radius 2 is 2.24 bits per heavy atom. The fourth-order valence-corrected chi connectivity index (χ4v) is 2.45. The molecule has 1 N–H and O–H groups in total. The van der Waals surface area contributed by atoms with Gasteiger partial charge < -0.3 is 5.32 Å². The number of nitrogens with one attached hydrogen (secondary N) is 1. The zero-order valence-corrected chi connectivity index (χ0v) is 11.7. The molecule has 1 atom stereocenters. The summed E-state index contributed by atoms with van der Waals surface area (Å²) >= 11 is 6.27. The van der Waals surface area contributed by atoms with E-state index in [-0.39, 0.29) is 0 Å². The molecule has 1 fully saturated rings. The van der Waals surface area contributed by atoms with Gasteiger partial charge in [-0.25, -0.2) is 0 Å². The topological polar surface area (TPSA) is 29.9 Å². The Labute approximate surface area is 109 Å². The molecular weight excluding hydrogens is 234 g/mol. The van der Waals surface area contributed by atoms with Crippen LogP contribution in [0, 0.1) is 12.8 Å². The molecule has 4 heteroatoms. The average molecular weight is 256 g/mol. The van der Waals surface area contributed by atoms with Crippen LogP contribution < -0.4 is 5.32 Å². The van der Waals surface area contributed by atoms with Crippen LogP contribution in [0.15, 0.2) is 0 Å². The van der Waals surface area contributed by atoms with E-state index in [2.05, 4.69) is 24.3 Å². The van der Waals surface area contributed by atoms with E-state index in [1.807, 2.05) is 11.6 Å². The Kier molecular flexibility index (Phi) is 4.10. The molecule has 0 spiro atoms. The molecule has 1 aliphatic rings. The van der Waals surface area contributed by atoms with Crippen LogP contribution in [0.1, 0.15) is 44.5 Å². The zero-order chi connectivity index (χ0) is 12.4. The molecule has 96 valence electrons. The summed E-state index contributed by atoms with van der Waals surface area (Å²) in [5, 5.41) is 8.80. The second-order valence-electron chi connectivity index (χ2n) is 5.12. The molecule has 0 aromatic carbocycles. The molecule has 0 bridgehead atoms. The van der Waals surface area contributed by atoms with Gasteiger partial charge in [0, 0.05) is 19.1 Å². The van der Waals surface area contributed by atoms with E-state index >= 15 is 0 Å². The van der Waals surface area contributed by atoms with Crippen molar-refractivity contribution in [1.82, 2.24) is 15.1 Å². The Balaban J connectivity index is 1.92. The van der Waals surface area contributed by atoms with Crippen LogP contribution in [0.25, 0.3) is 0 Å². The van der Waals surface area contributed by atoms with Crippen LogP contribution in [0.3, 0.4) is 0 Å². The van der Waals surface area contributed by atoms with Gasteiger partial charge in [-0.3, -0.25) is 4.68 Å². The van der Waals surface area contributed by atoms with E-state index in [4.69, 9.17) is 11.6 Å². The van der Waals surface area contributed by atoms with Crippen LogP contribution in [0.4, 0.5) is 0 Å². The molecule has 0 saturated heterocycles. The number of hydrogen-bond acceptors (Lipinski definition) is 2. The second-order valence-corrected chi connectivity index (χ2v) is 5.50. The standard InChI is InChI=1S/C13H22ClN3/c1-4-17-12(13(14)10(3)16-17)8-15-9(2)7-11-5-6-11/h9,11,15H,4-8H2,1-3H3. The maximum absolute atomic E-state index is 6.27. The SMILES string of the molecule is CCn1nc(C)c(Cl)c1CNC(C)CC1CC1. The highest BCUT2D eigenvalue weighted by atomic mass is 35.5. The highest BCUT2D eigenvalue weighted by Crippen LogP contribution is 2.33. The lowest BCUT2D eigenvalue weighted by atomic mass is 10.1. The zero-order valence-electron chi connectivity index (χ0n) is 11.0. The van der Waals surface area contributed by atoms with Gasteiger partial charge in [-0.1, -0.05) is 24.4 Å². The van der Waals surface area contributed by atoms with Crippen molar-refractivity contribution in [1.29, 1.82) is 0 Å². The molecule has 1 aliphatic carbocycles. The van der Waals surface area contributed by atoms with Crippen molar-refractivity contribution in [3.8, 4) is 0 Å². The predicted octanol–water partition coefficient (Wildman–Crippen LogP) is 3.14. The lowest BCUT2D eigenvalue weighted by molar-refractivity contribution is 0.471. The van der Waals surface area contributed by atoms with Gasteiger partial charge in [0.15, 0.2) is 0 Å². The lowest BCUT2D eigenvalue weighted by Gasteiger charge is -2.14. The Bertz CT molecular complexity index is 382. The molecule has 17 heavy (non-hydrogen) atoms. The minimum absolute atomic E-state index is 0.569. The predicted molar refractivity (Wildman–Crippen MR) is 71.3 cm³/mol. The van der Waals surface area contributed by atoms with Crippen molar-refractivity contribution in [3.63, 3.8) is 0 Å². The molecule has 1 aromatic rings. The molecule has 3 nitrogen and oxygen atoms in total. The van der Waals surface area contributed by atoms with Crippen molar-refractivity contribution in [2.24, 2.45) is 5.92 Å². The van der Waals surface area contributed by atoms with Gasteiger partial charge in [-0.2, -0.15) is 5.10 Å². The highest BCUT2D eigenvalue weighted by molar-refractivity contribution is 6.31. The van der Waals surface area contributed by atoms with Gasteiger partial charge in [0.25, 0.3) is 0 Å². The first-order chi connectivity index (χ1) is 8.11. The van der Waals surface area contributed by atoms with E-state index in [1.165, 1.54) is 19.3 Å². The average Bonchev–Trinajstić information content (AvgIpc) is 3.05. The number of hydrogen-bond donors (Lipinski definition) is 1. The largest absolute Gasteiger partial charge is 0.309 e. The first kappa shape index (κ1) is 12.9. The van der Waals surface area contributed by atoms with Crippen molar-refractivity contribution < 1.29 is 0 Å². The van der Waals surface area contributed by atoms with Gasteiger partial charge in [-0.05, 0) is 33.1 Å². The van der Waals surface area contributed by atoms with Crippen LogP contribution in [0.2, 0.25) is 5.02 Å². The summed E-state index contributed by atoms with van der Waals surface area (Å²) in [6, 6.07) is 0.569. The van der Waals surface area contributed by atoms with Gasteiger partial charge in [0.1, 0.15) is 0 Å². The van der Waals surface area contributed by atoms with E-state index in [9.17, 15) is 0 Å². The fraction of sp³-hybridized carbons (Fsp3) is 0.769. The van der Waals surface area contributed by atoms with E-state index in [0.717, 1.165) is 35.4 Å². The smallest absolute Gasteiger partial charge is 0.0860 e. The first-order valence-corrected chi connectivity index (χ1v) is 6.94. The molecule has 2 rings (SSSR count). The van der Waals surface area contributed by atoms with Crippen LogP contribution in [0.5, 0.6) is 0 Å². The second kappa shape index (κ2) is 5.40. The third-order valence-corrected chi connectivity index (χ3v) is 3.95. The molecule has 0 radical (unpaired) electrons. The summed E-state index contributed by atoms with van der Waals surface area (Å²) in [5.41, 5.74) is 2.05. The van der Waals surface area contributed by atoms with Crippen LogP contribution in [-0.4, -0.2) is 15.8 Å². The molecule has 1 heterocycles. The van der Waals surface area contributed by atoms with Crippen molar-refractivity contribution in [2.75, 3.05) is 0 Å². The number of halogens is 1. The van der Waals surface area contributed by atoms with Crippen molar-refractivity contribution in [3.05, 3.63) is 16.4 Å². The van der Waals surface area contributed by atoms with E-state index in [1.54, 1.807) is 0 Å². The third-order valence-electron chi connectivity index (χ3n) is 3.45. The molecular formula is C13H22ClN3. The molecule has 1 saturated carbocycles. The minimum Gasteiger partial charge on any atom is -0.309 e. The maximum atomic E-state index is 6.27. The summed E-state index contributed by atoms with van der Waals surface area (Å²) < 4.78 is 1.99. The number of nitrogens with zero attached hydrogens (tertiary/aromatic N) is 2. The fourth-order valence-electron chi connectivity index (χ4n) is 2.25. The van der Waals surface area contributed by atoms with Gasteiger partial charge in [0.05, 0.1) is 16.4 Å². The molecule has 0 aliphatic heterocycles. The van der Waals surface area contributed by atoms with Gasteiger partial charge in [-0.15, -0.1) is 0 Å². The summed E-state index contributed by atoms with van der Waals surface area (Å²) in [6.07, 6.45) is 4.12.